The molecular weight excluding hydrogens is 895 g/mol. The van der Waals surface area contributed by atoms with Gasteiger partial charge in [0.15, 0.2) is 5.96 Å². The summed E-state index contributed by atoms with van der Waals surface area (Å²) in [6.45, 7) is 0.0803. The molecule has 5 atom stereocenters. The summed E-state index contributed by atoms with van der Waals surface area (Å²) in [5.74, 6) is -5.50. The molecule has 1 aliphatic heterocycles. The lowest BCUT2D eigenvalue weighted by molar-refractivity contribution is -0.384. The molecule has 6 amide bonds. The molecular formula is C46H49N13O8S. The molecule has 0 fully saturated rings. The summed E-state index contributed by atoms with van der Waals surface area (Å²) in [5.41, 5.74) is 18.8. The van der Waals surface area contributed by atoms with Gasteiger partial charge in [-0.05, 0) is 46.9 Å². The van der Waals surface area contributed by atoms with E-state index in [-0.39, 0.29) is 60.8 Å². The summed E-state index contributed by atoms with van der Waals surface area (Å²) in [7, 11) is 0. The van der Waals surface area contributed by atoms with Crippen LogP contribution < -0.4 is 43.8 Å². The maximum Gasteiger partial charge on any atom is 0.270 e. The highest BCUT2D eigenvalue weighted by Crippen LogP contribution is 2.28. The fraction of sp³-hybridized carbons (Fsp3) is 0.261. The number of amides is 6. The van der Waals surface area contributed by atoms with E-state index in [1.54, 1.807) is 12.3 Å². The van der Waals surface area contributed by atoms with E-state index in [0.29, 0.717) is 16.8 Å². The molecule has 352 valence electrons. The number of primary amides is 1. The van der Waals surface area contributed by atoms with Gasteiger partial charge in [0.1, 0.15) is 30.2 Å². The number of benzene rings is 4. The molecule has 4 aromatic carbocycles. The molecule has 6 aromatic rings. The van der Waals surface area contributed by atoms with Crippen LogP contribution in [0, 0.1) is 10.1 Å². The Labute approximate surface area is 392 Å². The molecule has 68 heavy (non-hydrogen) atoms. The normalized spacial score (nSPS) is 19.8. The van der Waals surface area contributed by atoms with Crippen LogP contribution in [0.25, 0.3) is 21.7 Å². The number of hydrogen-bond acceptors (Lipinski definition) is 11. The van der Waals surface area contributed by atoms with Gasteiger partial charge in [-0.15, -0.1) is 11.8 Å². The Morgan fingerprint density at radius 2 is 1.43 bits per heavy atom. The Balaban J connectivity index is 1.31. The first-order valence-electron chi connectivity index (χ1n) is 21.5. The first-order chi connectivity index (χ1) is 32.7. The number of aromatic amines is 2. The van der Waals surface area contributed by atoms with E-state index >= 15 is 0 Å². The number of aliphatic imine (C=N–C) groups is 1. The van der Waals surface area contributed by atoms with Crippen molar-refractivity contribution in [1.82, 2.24) is 41.5 Å². The average molecular weight is 944 g/mol. The van der Waals surface area contributed by atoms with Crippen molar-refractivity contribution in [3.63, 3.8) is 0 Å². The Kier molecular flexibility index (Phi) is 15.3. The number of imidazole rings is 1. The number of fused-ring (bicyclic) bond motifs is 3. The number of para-hydroxylation sites is 1. The van der Waals surface area contributed by atoms with Gasteiger partial charge in [-0.1, -0.05) is 60.7 Å². The molecule has 2 aromatic heterocycles. The van der Waals surface area contributed by atoms with Gasteiger partial charge in [-0.3, -0.25) is 43.9 Å². The maximum absolute atomic E-state index is 14.7. The quantitative estimate of drug-likeness (QED) is 0.0274. The summed E-state index contributed by atoms with van der Waals surface area (Å²) >= 11 is 0.898. The highest BCUT2D eigenvalue weighted by Gasteiger charge is 2.34. The van der Waals surface area contributed by atoms with Gasteiger partial charge in [-0.2, -0.15) is 0 Å². The number of rotatable bonds is 12. The number of carbonyl (C=O) groups is 6. The SMILES string of the molecule is NC(=O)[C@@H]1CSc2ccc([N+](=O)[O-])cc2C(=O)N[C@@H](Cc2cnc[nH]2)C(=O)N[C@H](Cc2ccc3ccccc3c2)C(=O)N[C@@H](CCCN=C(N)N)C(=O)N[C@@H](Cc2c[nH]c3ccccc23)C(=O)N1. The van der Waals surface area contributed by atoms with E-state index in [0.717, 1.165) is 45.6 Å². The van der Waals surface area contributed by atoms with Crippen LogP contribution in [0.5, 0.6) is 0 Å². The van der Waals surface area contributed by atoms with Crippen molar-refractivity contribution in [3.8, 4) is 0 Å². The minimum atomic E-state index is -1.41. The zero-order valence-electron chi connectivity index (χ0n) is 36.4. The van der Waals surface area contributed by atoms with Crippen molar-refractivity contribution < 1.29 is 33.7 Å². The van der Waals surface area contributed by atoms with Crippen LogP contribution >= 0.6 is 11.8 Å². The summed E-state index contributed by atoms with van der Waals surface area (Å²) in [4.78, 5) is 111. The third kappa shape index (κ3) is 12.1. The molecule has 1 aliphatic rings. The molecule has 21 nitrogen and oxygen atoms in total. The number of nitrogens with zero attached hydrogens (tertiary/aromatic N) is 3. The molecule has 0 aliphatic carbocycles. The van der Waals surface area contributed by atoms with E-state index in [2.05, 4.69) is 46.5 Å². The number of nitrogens with one attached hydrogen (secondary N) is 7. The summed E-state index contributed by atoms with van der Waals surface area (Å²) < 4.78 is 0. The fourth-order valence-corrected chi connectivity index (χ4v) is 8.83. The molecule has 0 bridgehead atoms. The Bertz CT molecular complexity index is 2880. The van der Waals surface area contributed by atoms with Crippen molar-refractivity contribution in [2.75, 3.05) is 12.3 Å². The highest BCUT2D eigenvalue weighted by atomic mass is 32.2. The molecule has 0 saturated carbocycles. The van der Waals surface area contributed by atoms with Crippen LogP contribution in [-0.2, 0) is 43.2 Å². The summed E-state index contributed by atoms with van der Waals surface area (Å²) in [5, 5.41) is 28.2. The topological polar surface area (TPSA) is 341 Å². The van der Waals surface area contributed by atoms with E-state index in [4.69, 9.17) is 17.2 Å². The second-order valence-corrected chi connectivity index (χ2v) is 17.2. The van der Waals surface area contributed by atoms with Crippen molar-refractivity contribution in [2.45, 2.75) is 67.2 Å². The number of hydrogen-bond donors (Lipinski definition) is 10. The zero-order valence-corrected chi connectivity index (χ0v) is 37.2. The maximum atomic E-state index is 14.7. The lowest BCUT2D eigenvalue weighted by Crippen LogP contribution is -2.60. The van der Waals surface area contributed by atoms with Gasteiger partial charge in [0, 0.05) is 77.6 Å². The van der Waals surface area contributed by atoms with Crippen LogP contribution in [0.1, 0.15) is 40.0 Å². The molecule has 3 heterocycles. The molecule has 0 spiro atoms. The Hall–Kier alpha value is -8.27. The van der Waals surface area contributed by atoms with Gasteiger partial charge in [-0.25, -0.2) is 4.98 Å². The zero-order chi connectivity index (χ0) is 48.3. The minimum Gasteiger partial charge on any atom is -0.370 e. The summed E-state index contributed by atoms with van der Waals surface area (Å²) in [6, 6.07) is 17.0. The number of nitro groups is 1. The first kappa shape index (κ1) is 47.7. The predicted octanol–water partition coefficient (Wildman–Crippen LogP) is 1.36. The third-order valence-corrected chi connectivity index (χ3v) is 12.4. The molecule has 0 unspecified atom stereocenters. The number of non-ortho nitro benzene ring substituents is 1. The fourth-order valence-electron chi connectivity index (χ4n) is 7.77. The molecule has 0 saturated heterocycles. The number of H-pyrrole nitrogens is 2. The molecule has 0 radical (unpaired) electrons. The predicted molar refractivity (Wildman–Crippen MR) is 254 cm³/mol. The standard InChI is InChI=1S/C46H49N13O8S/c47-40(60)38-23-68-39-14-13-30(59(66)67)20-32(39)41(61)55-37(19-29-22-50-24-53-29)45(65)56-35(17-25-11-12-26-6-1-2-7-27(26)16-25)43(63)54-34(10-5-15-51-46(48)49)42(62)57-36(44(64)58-38)18-28-21-52-33-9-4-3-8-31(28)33/h1-4,6-9,11-14,16,20-22,24,34-38,52H,5,10,15,17-19,23H2,(H2,47,60)(H,50,53)(H,54,63)(H,55,61)(H,56,65)(H,57,62)(H,58,64)(H4,48,49,51)/t34-,35+,36-,37-,38-/m0/s1. The molecule has 22 heteroatoms. The van der Waals surface area contributed by atoms with Crippen molar-refractivity contribution in [3.05, 3.63) is 136 Å². The van der Waals surface area contributed by atoms with E-state index in [1.807, 2.05) is 60.7 Å². The lowest BCUT2D eigenvalue weighted by atomic mass is 9.99. The molecule has 7 rings (SSSR count). The number of guanidine groups is 1. The second kappa shape index (κ2) is 21.8. The first-order valence-corrected chi connectivity index (χ1v) is 22.5. The lowest BCUT2D eigenvalue weighted by Gasteiger charge is -2.27. The van der Waals surface area contributed by atoms with E-state index in [9.17, 15) is 38.9 Å². The number of aromatic nitrogens is 3. The van der Waals surface area contributed by atoms with Crippen LogP contribution in [0.3, 0.4) is 0 Å². The van der Waals surface area contributed by atoms with Crippen LogP contribution in [0.2, 0.25) is 0 Å². The van der Waals surface area contributed by atoms with Crippen LogP contribution in [0.4, 0.5) is 5.69 Å². The largest absolute Gasteiger partial charge is 0.370 e. The number of nitrogens with two attached hydrogens (primary N) is 3. The Morgan fingerprint density at radius 3 is 2.15 bits per heavy atom. The van der Waals surface area contributed by atoms with Gasteiger partial charge in [0.25, 0.3) is 11.6 Å². The van der Waals surface area contributed by atoms with Gasteiger partial charge in [0.05, 0.1) is 16.8 Å². The third-order valence-electron chi connectivity index (χ3n) is 11.3. The van der Waals surface area contributed by atoms with Crippen LogP contribution in [0.15, 0.2) is 114 Å². The second-order valence-electron chi connectivity index (χ2n) is 16.1. The van der Waals surface area contributed by atoms with Crippen molar-refractivity contribution in [1.29, 1.82) is 0 Å². The molecule has 13 N–H and O–H groups in total. The van der Waals surface area contributed by atoms with E-state index < -0.39 is 76.3 Å². The number of thioether (sulfide) groups is 1. The Morgan fingerprint density at radius 1 is 0.750 bits per heavy atom. The van der Waals surface area contributed by atoms with Gasteiger partial charge >= 0.3 is 0 Å². The van der Waals surface area contributed by atoms with Crippen molar-refractivity contribution >= 4 is 80.5 Å². The smallest absolute Gasteiger partial charge is 0.270 e. The monoisotopic (exact) mass is 943 g/mol. The van der Waals surface area contributed by atoms with Gasteiger partial charge in [0.2, 0.25) is 29.5 Å². The average Bonchev–Trinajstić information content (AvgIpc) is 4.00. The van der Waals surface area contributed by atoms with Crippen LogP contribution in [-0.4, -0.2) is 104 Å². The van der Waals surface area contributed by atoms with E-state index in [1.165, 1.54) is 18.6 Å². The van der Waals surface area contributed by atoms with Crippen molar-refractivity contribution in [2.24, 2.45) is 22.2 Å². The minimum absolute atomic E-state index is 0.0319. The number of nitro benzene ring substituents is 1. The van der Waals surface area contributed by atoms with Gasteiger partial charge < -0.3 is 53.8 Å². The number of carbonyl (C=O) groups excluding carboxylic acids is 6. The highest BCUT2D eigenvalue weighted by molar-refractivity contribution is 7.99. The summed E-state index contributed by atoms with van der Waals surface area (Å²) in [6.07, 6.45) is 4.34.